The zero-order valence-electron chi connectivity index (χ0n) is 24.5. The Hall–Kier alpha value is -2.57. The highest BCUT2D eigenvalue weighted by molar-refractivity contribution is 5.90. The first-order chi connectivity index (χ1) is 19.8. The number of rotatable bonds is 12. The predicted octanol–water partition coefficient (Wildman–Crippen LogP) is 10.2. The minimum Gasteiger partial charge on any atom is -0.490 e. The van der Waals surface area contributed by atoms with E-state index in [-0.39, 0.29) is 17.6 Å². The second kappa shape index (κ2) is 15.1. The summed E-state index contributed by atoms with van der Waals surface area (Å²) in [7, 11) is 0. The van der Waals surface area contributed by atoms with E-state index in [4.69, 9.17) is 9.47 Å². The van der Waals surface area contributed by atoms with Gasteiger partial charge in [0.05, 0.1) is 12.2 Å². The quantitative estimate of drug-likeness (QED) is 0.143. The average Bonchev–Trinajstić information content (AvgIpc) is 2.97. The number of esters is 1. The zero-order valence-corrected chi connectivity index (χ0v) is 24.5. The Bertz CT molecular complexity index is 1150. The highest BCUT2D eigenvalue weighted by atomic mass is 19.2. The van der Waals surface area contributed by atoms with Crippen molar-refractivity contribution in [3.63, 3.8) is 0 Å². The number of hydrogen-bond acceptors (Lipinski definition) is 3. The van der Waals surface area contributed by atoms with E-state index >= 15 is 0 Å². The first-order valence-electron chi connectivity index (χ1n) is 15.6. The number of carbonyl (C=O) groups is 1. The van der Waals surface area contributed by atoms with Gasteiger partial charge in [-0.15, -0.1) is 0 Å². The summed E-state index contributed by atoms with van der Waals surface area (Å²) < 4.78 is 70.5. The smallest absolute Gasteiger partial charge is 0.341 e. The lowest BCUT2D eigenvalue weighted by molar-refractivity contribution is 0.0188. The Morgan fingerprint density at radius 3 is 1.93 bits per heavy atom. The fraction of sp³-hybridized carbons (Fsp3) is 0.618. The molecule has 41 heavy (non-hydrogen) atoms. The van der Waals surface area contributed by atoms with Crippen LogP contribution in [-0.2, 0) is 4.74 Å². The van der Waals surface area contributed by atoms with E-state index in [0.29, 0.717) is 49.3 Å². The van der Waals surface area contributed by atoms with Crippen LogP contribution in [0.5, 0.6) is 5.75 Å². The normalized spacial score (nSPS) is 22.9. The lowest BCUT2D eigenvalue weighted by Crippen LogP contribution is -2.25. The van der Waals surface area contributed by atoms with Crippen LogP contribution in [0.4, 0.5) is 17.6 Å². The number of halogens is 4. The highest BCUT2D eigenvalue weighted by Gasteiger charge is 2.31. The summed E-state index contributed by atoms with van der Waals surface area (Å²) in [4.78, 5) is 12.7. The molecule has 0 N–H and O–H groups in total. The van der Waals surface area contributed by atoms with Crippen molar-refractivity contribution in [2.45, 2.75) is 122 Å². The number of ether oxygens (including phenoxy) is 2. The van der Waals surface area contributed by atoms with Gasteiger partial charge in [-0.25, -0.2) is 18.0 Å². The summed E-state index contributed by atoms with van der Waals surface area (Å²) in [5.41, 5.74) is 0.224. The van der Waals surface area contributed by atoms with Crippen molar-refractivity contribution in [3.8, 4) is 5.75 Å². The van der Waals surface area contributed by atoms with Gasteiger partial charge in [-0.05, 0) is 86.0 Å². The van der Waals surface area contributed by atoms with Crippen LogP contribution in [0.15, 0.2) is 24.3 Å². The summed E-state index contributed by atoms with van der Waals surface area (Å²) in [6, 6.07) is 5.92. The van der Waals surface area contributed by atoms with Gasteiger partial charge in [0.2, 0.25) is 5.82 Å². The summed E-state index contributed by atoms with van der Waals surface area (Å²) in [5.74, 6) is -4.60. The zero-order chi connectivity index (χ0) is 29.4. The van der Waals surface area contributed by atoms with Crippen molar-refractivity contribution in [2.24, 2.45) is 5.92 Å². The fourth-order valence-corrected chi connectivity index (χ4v) is 6.35. The van der Waals surface area contributed by atoms with Crippen molar-refractivity contribution in [2.75, 3.05) is 6.61 Å². The molecule has 0 radical (unpaired) electrons. The number of hydrogen-bond donors (Lipinski definition) is 0. The van der Waals surface area contributed by atoms with Crippen LogP contribution in [-0.4, -0.2) is 18.7 Å². The molecular weight excluding hydrogens is 532 g/mol. The van der Waals surface area contributed by atoms with Gasteiger partial charge < -0.3 is 9.47 Å². The van der Waals surface area contributed by atoms with E-state index in [1.807, 2.05) is 0 Å². The van der Waals surface area contributed by atoms with Gasteiger partial charge in [0, 0.05) is 0 Å². The molecule has 0 amide bonds. The Labute approximate surface area is 242 Å². The second-order valence-electron chi connectivity index (χ2n) is 12.1. The molecule has 0 atom stereocenters. The largest absolute Gasteiger partial charge is 0.490 e. The van der Waals surface area contributed by atoms with Crippen LogP contribution in [0.3, 0.4) is 0 Å². The van der Waals surface area contributed by atoms with E-state index in [1.165, 1.54) is 37.5 Å². The first kappa shape index (κ1) is 31.4. The lowest BCUT2D eigenvalue weighted by atomic mass is 9.79. The van der Waals surface area contributed by atoms with Crippen molar-refractivity contribution >= 4 is 5.97 Å². The second-order valence-corrected chi connectivity index (χ2v) is 12.1. The standard InChI is InChI=1S/C34H44F4O3/c1-3-4-5-6-7-8-21-40-29-20-19-27(31(36)33(29)38)24-13-15-25(16-14-24)41-34(39)28-18-17-26(30(35)32(28)37)23-11-9-22(2)10-12-23/h17-20,22-25H,3-16,21H2,1-2H3. The molecule has 0 aliphatic heterocycles. The van der Waals surface area contributed by atoms with E-state index < -0.39 is 40.9 Å². The molecule has 2 saturated carbocycles. The molecule has 0 spiro atoms. The predicted molar refractivity (Wildman–Crippen MR) is 152 cm³/mol. The highest BCUT2D eigenvalue weighted by Crippen LogP contribution is 2.39. The van der Waals surface area contributed by atoms with Crippen LogP contribution in [0.1, 0.15) is 137 Å². The average molecular weight is 577 g/mol. The monoisotopic (exact) mass is 576 g/mol. The van der Waals surface area contributed by atoms with Crippen LogP contribution in [0.25, 0.3) is 0 Å². The van der Waals surface area contributed by atoms with Gasteiger partial charge in [-0.2, -0.15) is 4.39 Å². The van der Waals surface area contributed by atoms with E-state index in [2.05, 4.69) is 13.8 Å². The maximum absolute atomic E-state index is 14.9. The van der Waals surface area contributed by atoms with Crippen molar-refractivity contribution in [3.05, 3.63) is 64.2 Å². The van der Waals surface area contributed by atoms with Gasteiger partial charge in [-0.1, -0.05) is 70.9 Å². The Kier molecular flexibility index (Phi) is 11.5. The summed E-state index contributed by atoms with van der Waals surface area (Å²) in [6.07, 6.45) is 11.4. The van der Waals surface area contributed by atoms with E-state index in [0.717, 1.165) is 44.9 Å². The van der Waals surface area contributed by atoms with Crippen LogP contribution in [0, 0.1) is 29.2 Å². The van der Waals surface area contributed by atoms with Crippen LogP contribution in [0.2, 0.25) is 0 Å². The molecular formula is C34H44F4O3. The van der Waals surface area contributed by atoms with E-state index in [1.54, 1.807) is 6.07 Å². The molecule has 226 valence electrons. The number of carbonyl (C=O) groups excluding carboxylic acids is 1. The summed E-state index contributed by atoms with van der Waals surface area (Å²) >= 11 is 0. The Balaban J connectivity index is 1.27. The molecule has 0 saturated heterocycles. The summed E-state index contributed by atoms with van der Waals surface area (Å²) in [5, 5.41) is 0. The third-order valence-corrected chi connectivity index (χ3v) is 9.01. The first-order valence-corrected chi connectivity index (χ1v) is 15.6. The van der Waals surface area contributed by atoms with E-state index in [9.17, 15) is 22.4 Å². The van der Waals surface area contributed by atoms with Gasteiger partial charge in [-0.3, -0.25) is 0 Å². The van der Waals surface area contributed by atoms with Gasteiger partial charge >= 0.3 is 5.97 Å². The SMILES string of the molecule is CCCCCCCCOc1ccc(C2CCC(OC(=O)c3ccc(C4CCC(C)CC4)c(F)c3F)CC2)c(F)c1F. The molecule has 0 bridgehead atoms. The molecule has 3 nitrogen and oxygen atoms in total. The fourth-order valence-electron chi connectivity index (χ4n) is 6.35. The van der Waals surface area contributed by atoms with Crippen LogP contribution < -0.4 is 4.74 Å². The molecule has 2 aromatic rings. The summed E-state index contributed by atoms with van der Waals surface area (Å²) in [6.45, 7) is 4.68. The van der Waals surface area contributed by atoms with Crippen molar-refractivity contribution in [1.29, 1.82) is 0 Å². The third-order valence-electron chi connectivity index (χ3n) is 9.01. The molecule has 0 unspecified atom stereocenters. The Morgan fingerprint density at radius 1 is 0.707 bits per heavy atom. The minimum absolute atomic E-state index is 0.0350. The van der Waals surface area contributed by atoms with Gasteiger partial charge in [0.1, 0.15) is 6.10 Å². The molecule has 0 aromatic heterocycles. The van der Waals surface area contributed by atoms with Crippen molar-refractivity contribution in [1.82, 2.24) is 0 Å². The van der Waals surface area contributed by atoms with Gasteiger partial charge in [0.25, 0.3) is 0 Å². The molecule has 2 fully saturated rings. The number of unbranched alkanes of at least 4 members (excludes halogenated alkanes) is 5. The topological polar surface area (TPSA) is 35.5 Å². The minimum atomic E-state index is -1.16. The maximum atomic E-state index is 14.9. The lowest BCUT2D eigenvalue weighted by Gasteiger charge is -2.29. The maximum Gasteiger partial charge on any atom is 0.341 e. The third kappa shape index (κ3) is 8.04. The van der Waals surface area contributed by atoms with Crippen molar-refractivity contribution < 1.29 is 31.8 Å². The number of benzene rings is 2. The van der Waals surface area contributed by atoms with Crippen LogP contribution >= 0.6 is 0 Å². The molecule has 7 heteroatoms. The molecule has 2 aliphatic rings. The molecule has 0 heterocycles. The Morgan fingerprint density at radius 2 is 1.27 bits per heavy atom. The molecule has 2 aromatic carbocycles. The van der Waals surface area contributed by atoms with Gasteiger partial charge in [0.15, 0.2) is 23.2 Å². The molecule has 4 rings (SSSR count). The molecule has 2 aliphatic carbocycles.